The minimum atomic E-state index is -0.849. The predicted molar refractivity (Wildman–Crippen MR) is 101 cm³/mol. The molecule has 3 fully saturated rings. The van der Waals surface area contributed by atoms with Crippen molar-refractivity contribution in [1.29, 1.82) is 0 Å². The van der Waals surface area contributed by atoms with Crippen molar-refractivity contribution in [2.45, 2.75) is 88.6 Å². The SMILES string of the molecule is C[C@@H]1CCC[C@H](C)N1C(=O)CN1[C@@H]2CC[C@@H]1CC(O)(c1ccccn1)C2. The van der Waals surface area contributed by atoms with E-state index in [1.807, 2.05) is 18.2 Å². The molecule has 3 aliphatic heterocycles. The molecule has 3 aliphatic rings. The topological polar surface area (TPSA) is 56.7 Å². The Balaban J connectivity index is 1.46. The molecule has 4 heterocycles. The van der Waals surface area contributed by atoms with Gasteiger partial charge in [-0.25, -0.2) is 0 Å². The summed E-state index contributed by atoms with van der Waals surface area (Å²) in [5.74, 6) is 0.268. The van der Waals surface area contributed by atoms with Gasteiger partial charge in [0, 0.05) is 30.4 Å². The van der Waals surface area contributed by atoms with E-state index in [9.17, 15) is 9.90 Å². The number of hydrogen-bond acceptors (Lipinski definition) is 4. The standard InChI is InChI=1S/C21H31N3O2/c1-15-6-5-7-16(2)24(15)20(25)14-23-17-9-10-18(23)13-21(26,12-17)19-8-3-4-11-22-19/h3-4,8,11,15-18,26H,5-7,9-10,12-14H2,1-2H3/t15-,16+,17-,18-/m1/s1. The number of carbonyl (C=O) groups excluding carboxylic acids is 1. The van der Waals surface area contributed by atoms with Gasteiger partial charge in [0.05, 0.1) is 12.2 Å². The van der Waals surface area contributed by atoms with E-state index in [4.69, 9.17) is 0 Å². The van der Waals surface area contributed by atoms with Crippen molar-refractivity contribution in [2.24, 2.45) is 0 Å². The fourth-order valence-electron chi connectivity index (χ4n) is 5.57. The van der Waals surface area contributed by atoms with Crippen LogP contribution in [0.1, 0.15) is 64.5 Å². The van der Waals surface area contributed by atoms with Gasteiger partial charge in [0.15, 0.2) is 0 Å². The summed E-state index contributed by atoms with van der Waals surface area (Å²) in [5.41, 5.74) is -0.0700. The van der Waals surface area contributed by atoms with E-state index in [1.54, 1.807) is 6.20 Å². The van der Waals surface area contributed by atoms with E-state index in [0.717, 1.165) is 31.4 Å². The maximum absolute atomic E-state index is 13.0. The van der Waals surface area contributed by atoms with E-state index < -0.39 is 5.60 Å². The van der Waals surface area contributed by atoms with Gasteiger partial charge in [-0.2, -0.15) is 0 Å². The number of hydrogen-bond donors (Lipinski definition) is 1. The van der Waals surface area contributed by atoms with Crippen LogP contribution < -0.4 is 0 Å². The lowest BCUT2D eigenvalue weighted by Crippen LogP contribution is -2.56. The Hall–Kier alpha value is -1.46. The molecule has 0 unspecified atom stereocenters. The Labute approximate surface area is 156 Å². The number of carbonyl (C=O) groups is 1. The predicted octanol–water partition coefficient (Wildman–Crippen LogP) is 2.69. The minimum absolute atomic E-state index is 0.268. The second kappa shape index (κ2) is 6.93. The highest BCUT2D eigenvalue weighted by Crippen LogP contribution is 2.45. The summed E-state index contributed by atoms with van der Waals surface area (Å²) in [6.07, 6.45) is 8.70. The molecule has 2 bridgehead atoms. The summed E-state index contributed by atoms with van der Waals surface area (Å²) in [7, 11) is 0. The molecule has 5 nitrogen and oxygen atoms in total. The number of fused-ring (bicyclic) bond motifs is 2. The second-order valence-electron chi connectivity index (χ2n) is 8.64. The number of likely N-dealkylation sites (tertiary alicyclic amines) is 1. The van der Waals surface area contributed by atoms with Gasteiger partial charge in [-0.15, -0.1) is 0 Å². The van der Waals surface area contributed by atoms with Crippen LogP contribution in [0, 0.1) is 0 Å². The molecule has 5 heteroatoms. The molecular formula is C21H31N3O2. The molecule has 4 atom stereocenters. The fraction of sp³-hybridized carbons (Fsp3) is 0.714. The first-order chi connectivity index (χ1) is 12.5. The van der Waals surface area contributed by atoms with Crippen LogP contribution in [0.4, 0.5) is 0 Å². The third-order valence-corrected chi connectivity index (χ3v) is 6.86. The smallest absolute Gasteiger partial charge is 0.237 e. The molecule has 0 aliphatic carbocycles. The van der Waals surface area contributed by atoms with Crippen LogP contribution in [-0.2, 0) is 10.4 Å². The van der Waals surface area contributed by atoms with E-state index in [0.29, 0.717) is 31.5 Å². The van der Waals surface area contributed by atoms with Crippen LogP contribution in [-0.4, -0.2) is 56.5 Å². The number of aromatic nitrogens is 1. The van der Waals surface area contributed by atoms with Crippen LogP contribution in [0.5, 0.6) is 0 Å². The third-order valence-electron chi connectivity index (χ3n) is 6.86. The average Bonchev–Trinajstić information content (AvgIpc) is 2.86. The molecule has 0 radical (unpaired) electrons. The molecule has 0 saturated carbocycles. The summed E-state index contributed by atoms with van der Waals surface area (Å²) in [5, 5.41) is 11.2. The molecule has 1 N–H and O–H groups in total. The highest BCUT2D eigenvalue weighted by Gasteiger charge is 2.49. The molecule has 1 aromatic rings. The normalized spacial score (nSPS) is 37.7. The van der Waals surface area contributed by atoms with Crippen molar-refractivity contribution in [2.75, 3.05) is 6.54 Å². The molecule has 4 rings (SSSR count). The monoisotopic (exact) mass is 357 g/mol. The third kappa shape index (κ3) is 3.16. The van der Waals surface area contributed by atoms with Crippen LogP contribution >= 0.6 is 0 Å². The lowest BCUT2D eigenvalue weighted by molar-refractivity contribution is -0.142. The minimum Gasteiger partial charge on any atom is -0.383 e. The Morgan fingerprint density at radius 2 is 1.81 bits per heavy atom. The molecule has 26 heavy (non-hydrogen) atoms. The number of aliphatic hydroxyl groups is 1. The molecular weight excluding hydrogens is 326 g/mol. The summed E-state index contributed by atoms with van der Waals surface area (Å²) in [6, 6.07) is 7.00. The zero-order valence-electron chi connectivity index (χ0n) is 16.0. The molecule has 142 valence electrons. The Morgan fingerprint density at radius 1 is 1.15 bits per heavy atom. The Bertz CT molecular complexity index is 626. The van der Waals surface area contributed by atoms with Crippen molar-refractivity contribution in [3.63, 3.8) is 0 Å². The zero-order valence-corrected chi connectivity index (χ0v) is 16.0. The van der Waals surface area contributed by atoms with Crippen molar-refractivity contribution < 1.29 is 9.90 Å². The Morgan fingerprint density at radius 3 is 2.38 bits per heavy atom. The number of rotatable bonds is 3. The van der Waals surface area contributed by atoms with Gasteiger partial charge in [-0.05, 0) is 70.9 Å². The van der Waals surface area contributed by atoms with Gasteiger partial charge in [0.25, 0.3) is 0 Å². The quantitative estimate of drug-likeness (QED) is 0.904. The molecule has 0 aromatic carbocycles. The highest BCUT2D eigenvalue weighted by atomic mass is 16.3. The molecule has 3 saturated heterocycles. The van der Waals surface area contributed by atoms with Crippen molar-refractivity contribution >= 4 is 5.91 Å². The summed E-state index contributed by atoms with van der Waals surface area (Å²) >= 11 is 0. The molecule has 0 spiro atoms. The first-order valence-corrected chi connectivity index (χ1v) is 10.2. The van der Waals surface area contributed by atoms with E-state index in [2.05, 4.69) is 28.6 Å². The van der Waals surface area contributed by atoms with Gasteiger partial charge in [0.1, 0.15) is 5.60 Å². The number of pyridine rings is 1. The fourth-order valence-corrected chi connectivity index (χ4v) is 5.57. The van der Waals surface area contributed by atoms with Gasteiger partial charge < -0.3 is 10.0 Å². The van der Waals surface area contributed by atoms with E-state index >= 15 is 0 Å². The lowest BCUT2D eigenvalue weighted by Gasteiger charge is -2.45. The molecule has 1 amide bonds. The zero-order chi connectivity index (χ0) is 18.3. The highest BCUT2D eigenvalue weighted by molar-refractivity contribution is 5.79. The number of piperidine rings is 2. The number of amides is 1. The second-order valence-corrected chi connectivity index (χ2v) is 8.64. The van der Waals surface area contributed by atoms with E-state index in [1.165, 1.54) is 6.42 Å². The maximum atomic E-state index is 13.0. The summed E-state index contributed by atoms with van der Waals surface area (Å²) in [6.45, 7) is 4.86. The van der Waals surface area contributed by atoms with E-state index in [-0.39, 0.29) is 18.0 Å². The van der Waals surface area contributed by atoms with Crippen LogP contribution in [0.15, 0.2) is 24.4 Å². The van der Waals surface area contributed by atoms with Crippen molar-refractivity contribution in [1.82, 2.24) is 14.8 Å². The van der Waals surface area contributed by atoms with Crippen LogP contribution in [0.25, 0.3) is 0 Å². The van der Waals surface area contributed by atoms with Crippen molar-refractivity contribution in [3.05, 3.63) is 30.1 Å². The lowest BCUT2D eigenvalue weighted by atomic mass is 9.83. The van der Waals surface area contributed by atoms with Gasteiger partial charge in [0.2, 0.25) is 5.91 Å². The van der Waals surface area contributed by atoms with Gasteiger partial charge in [-0.3, -0.25) is 14.7 Å². The van der Waals surface area contributed by atoms with Crippen LogP contribution in [0.3, 0.4) is 0 Å². The first-order valence-electron chi connectivity index (χ1n) is 10.2. The van der Waals surface area contributed by atoms with Gasteiger partial charge in [-0.1, -0.05) is 6.07 Å². The summed E-state index contributed by atoms with van der Waals surface area (Å²) in [4.78, 5) is 21.9. The summed E-state index contributed by atoms with van der Waals surface area (Å²) < 4.78 is 0. The van der Waals surface area contributed by atoms with Crippen molar-refractivity contribution in [3.8, 4) is 0 Å². The van der Waals surface area contributed by atoms with Crippen LogP contribution in [0.2, 0.25) is 0 Å². The maximum Gasteiger partial charge on any atom is 0.237 e. The Kier molecular flexibility index (Phi) is 4.78. The molecule has 1 aromatic heterocycles. The average molecular weight is 357 g/mol. The largest absolute Gasteiger partial charge is 0.383 e. The number of nitrogens with zero attached hydrogens (tertiary/aromatic N) is 3. The van der Waals surface area contributed by atoms with Gasteiger partial charge >= 0.3 is 0 Å². The first kappa shape index (κ1) is 17.9.